The molecule has 40 heavy (non-hydrogen) atoms. The molecule has 0 atom stereocenters. The van der Waals surface area contributed by atoms with Crippen molar-refractivity contribution in [1.82, 2.24) is 5.32 Å². The van der Waals surface area contributed by atoms with Crippen LogP contribution in [0, 0.1) is 0 Å². The predicted octanol–water partition coefficient (Wildman–Crippen LogP) is 0.141. The van der Waals surface area contributed by atoms with Crippen LogP contribution in [0.5, 0.6) is 0 Å². The summed E-state index contributed by atoms with van der Waals surface area (Å²) in [5.41, 5.74) is 3.50. The van der Waals surface area contributed by atoms with Gasteiger partial charge in [0.1, 0.15) is 13.1 Å². The van der Waals surface area contributed by atoms with Crippen molar-refractivity contribution in [2.24, 2.45) is 0 Å². The second-order valence-electron chi connectivity index (χ2n) is 10.6. The van der Waals surface area contributed by atoms with E-state index in [-0.39, 0.29) is 45.7 Å². The summed E-state index contributed by atoms with van der Waals surface area (Å²) in [5, 5.41) is 2.87. The van der Waals surface area contributed by atoms with Gasteiger partial charge in [-0.2, -0.15) is 0 Å². The standard InChI is InChI=1S/C33H48N3O2.2BrH/c1-28(2)32(37)16-15-30-17-23-35(24-18-30)21-13-11-9-7-5-6-8-10-12-14-22-36-25-19-31(20-26-36)27-34-33(38)29(3)4;;/h17-20,23-26H,1,3,5-16,21-22,27H2,2,4H3;2*1H/q+1;;/p-1. The van der Waals surface area contributed by atoms with Crippen molar-refractivity contribution in [2.45, 2.75) is 111 Å². The smallest absolute Gasteiger partial charge is 0.246 e. The van der Waals surface area contributed by atoms with Crippen LogP contribution < -0.4 is 48.4 Å². The van der Waals surface area contributed by atoms with Crippen LogP contribution >= 0.6 is 0 Å². The van der Waals surface area contributed by atoms with Gasteiger partial charge in [0.2, 0.25) is 5.91 Å². The summed E-state index contributed by atoms with van der Waals surface area (Å²) in [6.07, 6.45) is 22.9. The molecule has 0 saturated carbocycles. The molecular formula is C33H49Br2N3O2. The lowest BCUT2D eigenvalue weighted by atomic mass is 10.1. The number of hydrogen-bond donors (Lipinski definition) is 1. The van der Waals surface area contributed by atoms with Gasteiger partial charge in [0.05, 0.1) is 0 Å². The number of halogens is 2. The summed E-state index contributed by atoms with van der Waals surface area (Å²) in [6.45, 7) is 13.5. The third-order valence-corrected chi connectivity index (χ3v) is 6.96. The highest BCUT2D eigenvalue weighted by Crippen LogP contribution is 2.11. The van der Waals surface area contributed by atoms with E-state index in [1.165, 1.54) is 69.8 Å². The van der Waals surface area contributed by atoms with E-state index in [1.807, 2.05) is 0 Å². The Hall–Kier alpha value is -2.12. The lowest BCUT2D eigenvalue weighted by molar-refractivity contribution is -0.697. The van der Waals surface area contributed by atoms with Crippen molar-refractivity contribution in [3.63, 3.8) is 0 Å². The number of carbonyl (C=O) groups excluding carboxylic acids is 2. The van der Waals surface area contributed by atoms with Gasteiger partial charge in [-0.25, -0.2) is 9.13 Å². The van der Waals surface area contributed by atoms with E-state index in [2.05, 4.69) is 76.7 Å². The number of Topliss-reactive ketones (excluding diaryl/α,β-unsaturated/α-hetero) is 1. The monoisotopic (exact) mass is 677 g/mol. The summed E-state index contributed by atoms with van der Waals surface area (Å²) < 4.78 is 4.48. The van der Waals surface area contributed by atoms with Crippen molar-refractivity contribution in [1.29, 1.82) is 0 Å². The Kier molecular flexibility index (Phi) is 21.4. The number of unbranched alkanes of at least 4 members (excludes halogenated alkanes) is 9. The molecule has 0 aliphatic carbocycles. The molecule has 0 radical (unpaired) electrons. The largest absolute Gasteiger partial charge is 1.00 e. The topological polar surface area (TPSA) is 53.9 Å². The number of hydrogen-bond acceptors (Lipinski definition) is 2. The maximum atomic E-state index is 11.7. The van der Waals surface area contributed by atoms with E-state index in [9.17, 15) is 9.59 Å². The maximum Gasteiger partial charge on any atom is 0.246 e. The van der Waals surface area contributed by atoms with Gasteiger partial charge in [-0.3, -0.25) is 9.59 Å². The molecule has 2 rings (SSSR count). The first-order valence-electron chi connectivity index (χ1n) is 14.4. The Bertz CT molecular complexity index is 937. The molecule has 0 spiro atoms. The fraction of sp³-hybridized carbons (Fsp3) is 0.515. The minimum atomic E-state index is -0.0926. The minimum Gasteiger partial charge on any atom is -1.00 e. The highest BCUT2D eigenvalue weighted by Gasteiger charge is 2.06. The van der Waals surface area contributed by atoms with Gasteiger partial charge < -0.3 is 39.3 Å². The van der Waals surface area contributed by atoms with Crippen LogP contribution in [0.15, 0.2) is 73.4 Å². The van der Waals surface area contributed by atoms with E-state index in [1.54, 1.807) is 13.8 Å². The first-order chi connectivity index (χ1) is 18.3. The van der Waals surface area contributed by atoms with Gasteiger partial charge >= 0.3 is 0 Å². The molecule has 0 saturated heterocycles. The summed E-state index contributed by atoms with van der Waals surface area (Å²) in [4.78, 5) is 23.3. The normalized spacial score (nSPS) is 10.2. The number of amides is 1. The van der Waals surface area contributed by atoms with Gasteiger partial charge in [-0.15, -0.1) is 0 Å². The van der Waals surface area contributed by atoms with E-state index >= 15 is 0 Å². The molecule has 0 bridgehead atoms. The number of aromatic nitrogens is 2. The minimum absolute atomic E-state index is 0. The fourth-order valence-electron chi connectivity index (χ4n) is 4.37. The van der Waals surface area contributed by atoms with Gasteiger partial charge in [0.15, 0.2) is 30.6 Å². The molecular weight excluding hydrogens is 630 g/mol. The summed E-state index contributed by atoms with van der Waals surface area (Å²) in [5.74, 6) is 0.0632. The van der Waals surface area contributed by atoms with E-state index in [0.29, 0.717) is 24.1 Å². The molecule has 0 fully saturated rings. The number of carbonyl (C=O) groups is 2. The van der Waals surface area contributed by atoms with Crippen LogP contribution in [0.1, 0.15) is 95.6 Å². The summed E-state index contributed by atoms with van der Waals surface area (Å²) in [7, 11) is 0. The number of nitrogens with one attached hydrogen (secondary N) is 1. The lowest BCUT2D eigenvalue weighted by Crippen LogP contribution is -3.00. The molecule has 2 heterocycles. The number of allylic oxidation sites excluding steroid dienone is 1. The van der Waals surface area contributed by atoms with Crippen LogP contribution in [-0.4, -0.2) is 11.7 Å². The molecule has 0 unspecified atom stereocenters. The third-order valence-electron chi connectivity index (χ3n) is 6.96. The van der Waals surface area contributed by atoms with Crippen molar-refractivity contribution in [3.05, 3.63) is 84.5 Å². The van der Waals surface area contributed by atoms with Gasteiger partial charge in [-0.05, 0) is 49.8 Å². The average Bonchev–Trinajstić information content (AvgIpc) is 2.92. The van der Waals surface area contributed by atoms with Crippen molar-refractivity contribution >= 4 is 11.7 Å². The molecule has 2 aromatic rings. The third kappa shape index (κ3) is 16.9. The second-order valence-corrected chi connectivity index (χ2v) is 10.6. The number of rotatable bonds is 20. The first kappa shape index (κ1) is 37.9. The van der Waals surface area contributed by atoms with Crippen molar-refractivity contribution in [2.75, 3.05) is 0 Å². The number of ketones is 1. The Morgan fingerprint density at radius 3 is 1.45 bits per heavy atom. The molecule has 222 valence electrons. The van der Waals surface area contributed by atoms with Crippen LogP contribution in [0.2, 0.25) is 0 Å². The van der Waals surface area contributed by atoms with Crippen LogP contribution in [-0.2, 0) is 35.6 Å². The Morgan fingerprint density at radius 1 is 0.650 bits per heavy atom. The molecule has 5 nitrogen and oxygen atoms in total. The average molecular weight is 680 g/mol. The highest BCUT2D eigenvalue weighted by atomic mass is 79.9. The molecule has 1 amide bonds. The zero-order valence-electron chi connectivity index (χ0n) is 24.6. The predicted molar refractivity (Wildman–Crippen MR) is 154 cm³/mol. The van der Waals surface area contributed by atoms with Gasteiger partial charge in [0, 0.05) is 55.6 Å². The maximum absolute atomic E-state index is 11.7. The van der Waals surface area contributed by atoms with Crippen LogP contribution in [0.4, 0.5) is 0 Å². The molecule has 0 aliphatic heterocycles. The summed E-state index contributed by atoms with van der Waals surface area (Å²) in [6, 6.07) is 8.42. The summed E-state index contributed by atoms with van der Waals surface area (Å²) >= 11 is 0. The Balaban J connectivity index is 0.00000760. The quantitative estimate of drug-likeness (QED) is 0.123. The number of aryl methyl sites for hydroxylation is 3. The second kappa shape index (κ2) is 22.6. The van der Waals surface area contributed by atoms with Crippen LogP contribution in [0.3, 0.4) is 0 Å². The van der Waals surface area contributed by atoms with Gasteiger partial charge in [0.25, 0.3) is 0 Å². The van der Waals surface area contributed by atoms with E-state index in [0.717, 1.165) is 25.1 Å². The van der Waals surface area contributed by atoms with E-state index in [4.69, 9.17) is 0 Å². The van der Waals surface area contributed by atoms with Crippen molar-refractivity contribution < 1.29 is 52.7 Å². The SMILES string of the molecule is C=C(C)C(=O)CCc1cc[n+](CCCCCCCCCCCC[n+]2ccc(CNC(=O)C(=C)C)cc2)cc1.[Br-].[Br-]. The lowest BCUT2D eigenvalue weighted by Gasteiger charge is -2.04. The molecule has 0 aliphatic rings. The van der Waals surface area contributed by atoms with Crippen LogP contribution in [0.25, 0.3) is 0 Å². The fourth-order valence-corrected chi connectivity index (χ4v) is 4.37. The Labute approximate surface area is 263 Å². The molecule has 0 aromatic carbocycles. The molecule has 2 aromatic heterocycles. The zero-order chi connectivity index (χ0) is 27.6. The zero-order valence-corrected chi connectivity index (χ0v) is 27.8. The highest BCUT2D eigenvalue weighted by molar-refractivity contribution is 5.94. The molecule has 1 N–H and O–H groups in total. The van der Waals surface area contributed by atoms with Gasteiger partial charge in [-0.1, -0.05) is 51.7 Å². The Morgan fingerprint density at radius 2 is 1.05 bits per heavy atom. The number of pyridine rings is 2. The first-order valence-corrected chi connectivity index (χ1v) is 14.4. The van der Waals surface area contributed by atoms with Crippen molar-refractivity contribution in [3.8, 4) is 0 Å². The number of nitrogens with zero attached hydrogens (tertiary/aromatic N) is 2. The molecule has 7 heteroatoms. The van der Waals surface area contributed by atoms with E-state index < -0.39 is 0 Å².